The minimum absolute atomic E-state index is 0.129. The predicted octanol–water partition coefficient (Wildman–Crippen LogP) is 4.01. The number of nitrogens with zero attached hydrogens (tertiary/aromatic N) is 5. The summed E-state index contributed by atoms with van der Waals surface area (Å²) in [7, 11) is 0. The number of halogens is 4. The highest BCUT2D eigenvalue weighted by Gasteiger charge is 2.38. The van der Waals surface area contributed by atoms with E-state index in [-0.39, 0.29) is 17.7 Å². The van der Waals surface area contributed by atoms with E-state index in [4.69, 9.17) is 14.6 Å². The number of imidazole rings is 1. The molecular formula is C24H23F4N7O3. The summed E-state index contributed by atoms with van der Waals surface area (Å²) in [4.78, 5) is 21.7. The summed E-state index contributed by atoms with van der Waals surface area (Å²) in [6.45, 7) is 3.90. The topological polar surface area (TPSA) is 127 Å². The molecule has 1 fully saturated rings. The molecule has 0 aliphatic carbocycles. The summed E-state index contributed by atoms with van der Waals surface area (Å²) in [6, 6.07) is 9.55. The molecule has 3 N–H and O–H groups in total. The van der Waals surface area contributed by atoms with Gasteiger partial charge in [-0.2, -0.15) is 18.3 Å². The number of carboxylic acids is 1. The molecule has 0 saturated carbocycles. The van der Waals surface area contributed by atoms with Gasteiger partial charge in [0, 0.05) is 24.5 Å². The number of fused-ring (bicyclic) bond motifs is 1. The lowest BCUT2D eigenvalue weighted by molar-refractivity contribution is -0.192. The number of benzene rings is 1. The van der Waals surface area contributed by atoms with Gasteiger partial charge in [-0.05, 0) is 49.2 Å². The van der Waals surface area contributed by atoms with Gasteiger partial charge >= 0.3 is 12.1 Å². The molecule has 38 heavy (non-hydrogen) atoms. The predicted molar refractivity (Wildman–Crippen MR) is 129 cm³/mol. The monoisotopic (exact) mass is 533 g/mol. The highest BCUT2D eigenvalue weighted by molar-refractivity contribution is 5.73. The number of alkyl halides is 3. The Hall–Kier alpha value is -4.33. The first-order valence-electron chi connectivity index (χ1n) is 11.5. The average molecular weight is 533 g/mol. The molecule has 1 atom stereocenters. The van der Waals surface area contributed by atoms with Gasteiger partial charge in [0.15, 0.2) is 11.5 Å². The zero-order valence-electron chi connectivity index (χ0n) is 20.0. The lowest BCUT2D eigenvalue weighted by Crippen LogP contribution is -2.21. The standard InChI is InChI=1S/C22H22FN7O.C2HF3O2/c1-2-14-8-15(10-17(9-14)31-16-5-7-24-11-16)28-22-26-12-18(23)21(29-22)19-13-25-20-4-3-6-27-30(19)20;3-2(4,5)1(6)7/h3-4,6,8-10,12-13,16,24H,2,5,7,11H2,1H3,(H,26,28,29);(H,6,7). The zero-order chi connectivity index (χ0) is 27.3. The molecule has 1 aliphatic heterocycles. The third-order valence-corrected chi connectivity index (χ3v) is 5.46. The third kappa shape index (κ3) is 6.51. The number of anilines is 2. The van der Waals surface area contributed by atoms with E-state index >= 15 is 0 Å². The number of carbonyl (C=O) groups is 1. The molecule has 1 aromatic carbocycles. The lowest BCUT2D eigenvalue weighted by Gasteiger charge is -2.15. The van der Waals surface area contributed by atoms with Gasteiger partial charge in [-0.25, -0.2) is 28.7 Å². The second-order valence-electron chi connectivity index (χ2n) is 8.21. The Morgan fingerprint density at radius 1 is 1.26 bits per heavy atom. The van der Waals surface area contributed by atoms with Crippen molar-refractivity contribution in [3.63, 3.8) is 0 Å². The van der Waals surface area contributed by atoms with E-state index in [0.717, 1.165) is 49.1 Å². The van der Waals surface area contributed by atoms with Gasteiger partial charge in [0.2, 0.25) is 5.95 Å². The molecule has 4 aromatic rings. The fraction of sp³-hybridized carbons (Fsp3) is 0.292. The fourth-order valence-corrected chi connectivity index (χ4v) is 3.65. The second kappa shape index (κ2) is 11.4. The molecule has 0 bridgehead atoms. The largest absolute Gasteiger partial charge is 0.490 e. The minimum atomic E-state index is -5.08. The average Bonchev–Trinajstić information content (AvgIpc) is 3.55. The van der Waals surface area contributed by atoms with E-state index in [1.165, 1.54) is 0 Å². The van der Waals surface area contributed by atoms with Crippen LogP contribution < -0.4 is 15.4 Å². The summed E-state index contributed by atoms with van der Waals surface area (Å²) in [5, 5.41) is 17.9. The number of hydrogen-bond acceptors (Lipinski definition) is 8. The summed E-state index contributed by atoms with van der Waals surface area (Å²) < 4.78 is 54.0. The van der Waals surface area contributed by atoms with Crippen molar-refractivity contribution in [2.24, 2.45) is 0 Å². The van der Waals surface area contributed by atoms with Crippen molar-refractivity contribution in [3.8, 4) is 17.1 Å². The molecule has 1 unspecified atom stereocenters. The molecule has 10 nitrogen and oxygen atoms in total. The van der Waals surface area contributed by atoms with E-state index in [0.29, 0.717) is 11.3 Å². The van der Waals surface area contributed by atoms with Crippen LogP contribution in [0.5, 0.6) is 5.75 Å². The molecule has 1 saturated heterocycles. The number of carboxylic acid groups (broad SMARTS) is 1. The Kier molecular flexibility index (Phi) is 8.00. The molecule has 3 aromatic heterocycles. The number of nitrogens with one attached hydrogen (secondary N) is 2. The Labute approximate surface area is 213 Å². The lowest BCUT2D eigenvalue weighted by atomic mass is 10.1. The van der Waals surface area contributed by atoms with Crippen LogP contribution in [0.15, 0.2) is 48.9 Å². The normalized spacial score (nSPS) is 15.1. The van der Waals surface area contributed by atoms with Crippen LogP contribution in [0.3, 0.4) is 0 Å². The van der Waals surface area contributed by atoms with E-state index in [1.807, 2.05) is 18.2 Å². The Morgan fingerprint density at radius 2 is 2.05 bits per heavy atom. The molecule has 200 valence electrons. The summed E-state index contributed by atoms with van der Waals surface area (Å²) in [5.41, 5.74) is 3.11. The van der Waals surface area contributed by atoms with Crippen molar-refractivity contribution in [3.05, 3.63) is 60.3 Å². The van der Waals surface area contributed by atoms with Gasteiger partial charge in [-0.1, -0.05) is 6.92 Å². The van der Waals surface area contributed by atoms with Gasteiger partial charge in [0.25, 0.3) is 0 Å². The number of ether oxygens (including phenoxy) is 1. The molecule has 4 heterocycles. The first-order valence-corrected chi connectivity index (χ1v) is 11.5. The van der Waals surface area contributed by atoms with E-state index < -0.39 is 18.0 Å². The first kappa shape index (κ1) is 26.7. The number of aryl methyl sites for hydroxylation is 1. The van der Waals surface area contributed by atoms with E-state index in [2.05, 4.69) is 37.6 Å². The van der Waals surface area contributed by atoms with Gasteiger partial charge < -0.3 is 20.5 Å². The van der Waals surface area contributed by atoms with Crippen molar-refractivity contribution < 1.29 is 32.2 Å². The van der Waals surface area contributed by atoms with E-state index in [9.17, 15) is 17.6 Å². The third-order valence-electron chi connectivity index (χ3n) is 5.46. The van der Waals surface area contributed by atoms with Crippen LogP contribution in [0.2, 0.25) is 0 Å². The molecule has 0 spiro atoms. The number of aliphatic carboxylic acids is 1. The Bertz CT molecular complexity index is 1420. The van der Waals surface area contributed by atoms with Crippen molar-refractivity contribution in [1.82, 2.24) is 29.9 Å². The number of rotatable bonds is 6. The molecule has 0 radical (unpaired) electrons. The van der Waals surface area contributed by atoms with Crippen LogP contribution in [-0.2, 0) is 11.2 Å². The van der Waals surface area contributed by atoms with Crippen LogP contribution in [0, 0.1) is 5.82 Å². The first-order chi connectivity index (χ1) is 18.1. The maximum atomic E-state index is 14.6. The van der Waals surface area contributed by atoms with Crippen molar-refractivity contribution in [1.29, 1.82) is 0 Å². The SMILES string of the molecule is CCc1cc(Nc2ncc(F)c(-c3cnc4cccnn34)n2)cc(OC2CCNC2)c1.O=C(O)C(F)(F)F. The van der Waals surface area contributed by atoms with Crippen LogP contribution in [0.4, 0.5) is 29.2 Å². The fourth-order valence-electron chi connectivity index (χ4n) is 3.65. The summed E-state index contributed by atoms with van der Waals surface area (Å²) >= 11 is 0. The number of aromatic nitrogens is 5. The molecule has 14 heteroatoms. The van der Waals surface area contributed by atoms with Gasteiger partial charge in [0.05, 0.1) is 12.4 Å². The highest BCUT2D eigenvalue weighted by Crippen LogP contribution is 2.27. The Balaban J connectivity index is 0.000000426. The van der Waals surface area contributed by atoms with Gasteiger partial charge in [-0.15, -0.1) is 0 Å². The summed E-state index contributed by atoms with van der Waals surface area (Å²) in [6.07, 6.45) is 1.24. The molecule has 1 aliphatic rings. The molecule has 0 amide bonds. The van der Waals surface area contributed by atoms with Gasteiger partial charge in [-0.3, -0.25) is 0 Å². The summed E-state index contributed by atoms with van der Waals surface area (Å²) in [5.74, 6) is -2.22. The van der Waals surface area contributed by atoms with Gasteiger partial charge in [0.1, 0.15) is 23.2 Å². The van der Waals surface area contributed by atoms with Crippen molar-refractivity contribution >= 4 is 23.3 Å². The maximum Gasteiger partial charge on any atom is 0.490 e. The van der Waals surface area contributed by atoms with Crippen molar-refractivity contribution in [2.45, 2.75) is 32.0 Å². The maximum absolute atomic E-state index is 14.6. The van der Waals surface area contributed by atoms with Crippen LogP contribution in [0.25, 0.3) is 17.0 Å². The van der Waals surface area contributed by atoms with E-state index in [1.54, 1.807) is 29.0 Å². The van der Waals surface area contributed by atoms with Crippen LogP contribution in [-0.4, -0.2) is 61.0 Å². The smallest absolute Gasteiger partial charge is 0.489 e. The van der Waals surface area contributed by atoms with Crippen LogP contribution in [0.1, 0.15) is 18.9 Å². The molecular weight excluding hydrogens is 510 g/mol. The minimum Gasteiger partial charge on any atom is -0.489 e. The second-order valence-corrected chi connectivity index (χ2v) is 8.21. The quantitative estimate of drug-likeness (QED) is 0.315. The van der Waals surface area contributed by atoms with Crippen LogP contribution >= 0.6 is 0 Å². The Morgan fingerprint density at radius 3 is 2.74 bits per heavy atom. The van der Waals surface area contributed by atoms with Crippen molar-refractivity contribution in [2.75, 3.05) is 18.4 Å². The highest BCUT2D eigenvalue weighted by atomic mass is 19.4. The number of hydrogen-bond donors (Lipinski definition) is 3. The molecule has 5 rings (SSSR count). The zero-order valence-corrected chi connectivity index (χ0v) is 20.0.